The molecule has 0 spiro atoms. The van der Waals surface area contributed by atoms with Gasteiger partial charge in [0, 0.05) is 13.1 Å². The Morgan fingerprint density at radius 3 is 2.53 bits per heavy atom. The number of nitriles is 1. The zero-order chi connectivity index (χ0) is 13.5. The van der Waals surface area contributed by atoms with Crippen LogP contribution in [0.15, 0.2) is 48.1 Å². The number of benzene rings is 1. The number of hydrogen-bond donors (Lipinski definition) is 0. The number of nitrogens with zero attached hydrogens (tertiary/aromatic N) is 2. The minimum atomic E-state index is -0.155. The molecule has 1 amide bonds. The molecule has 0 aromatic heterocycles. The monoisotopic (exact) mass is 252 g/mol. The smallest absolute Gasteiger partial charge is 0.264 e. The molecule has 19 heavy (non-hydrogen) atoms. The van der Waals surface area contributed by atoms with Crippen LogP contribution in [0.25, 0.3) is 6.08 Å². The first-order chi connectivity index (χ1) is 9.31. The van der Waals surface area contributed by atoms with Crippen molar-refractivity contribution in [3.8, 4) is 6.07 Å². The van der Waals surface area contributed by atoms with Crippen molar-refractivity contribution in [2.45, 2.75) is 12.8 Å². The number of hydrogen-bond acceptors (Lipinski definition) is 2. The molecule has 1 aliphatic rings. The summed E-state index contributed by atoms with van der Waals surface area (Å²) in [6.07, 6.45) is 7.29. The number of likely N-dealkylation sites (tertiary alicyclic amines) is 1. The van der Waals surface area contributed by atoms with Crippen molar-refractivity contribution >= 4 is 12.0 Å². The lowest BCUT2D eigenvalue weighted by atomic mass is 10.2. The van der Waals surface area contributed by atoms with Gasteiger partial charge in [-0.1, -0.05) is 42.5 Å². The minimum absolute atomic E-state index is 0.155. The summed E-state index contributed by atoms with van der Waals surface area (Å²) in [7, 11) is 0. The molecule has 0 atom stereocenters. The van der Waals surface area contributed by atoms with Gasteiger partial charge in [0.05, 0.1) is 0 Å². The van der Waals surface area contributed by atoms with Crippen LogP contribution in [0.2, 0.25) is 0 Å². The van der Waals surface area contributed by atoms with E-state index in [9.17, 15) is 4.79 Å². The normalized spacial score (nSPS) is 15.7. The molecular formula is C16H16N2O. The highest BCUT2D eigenvalue weighted by atomic mass is 16.2. The third-order valence-corrected chi connectivity index (χ3v) is 3.10. The van der Waals surface area contributed by atoms with E-state index in [1.807, 2.05) is 42.5 Å². The van der Waals surface area contributed by atoms with E-state index < -0.39 is 0 Å². The fourth-order valence-electron chi connectivity index (χ4n) is 2.07. The van der Waals surface area contributed by atoms with E-state index >= 15 is 0 Å². The van der Waals surface area contributed by atoms with E-state index in [-0.39, 0.29) is 11.5 Å². The summed E-state index contributed by atoms with van der Waals surface area (Å²) in [5.41, 5.74) is 1.25. The van der Waals surface area contributed by atoms with Crippen LogP contribution in [-0.2, 0) is 4.79 Å². The lowest BCUT2D eigenvalue weighted by Crippen LogP contribution is -2.28. The molecule has 1 aromatic carbocycles. The molecule has 96 valence electrons. The molecule has 0 unspecified atom stereocenters. The highest BCUT2D eigenvalue weighted by Crippen LogP contribution is 2.11. The van der Waals surface area contributed by atoms with Gasteiger partial charge in [-0.3, -0.25) is 4.79 Å². The van der Waals surface area contributed by atoms with Crippen LogP contribution in [0, 0.1) is 11.3 Å². The van der Waals surface area contributed by atoms with Gasteiger partial charge in [0.25, 0.3) is 5.91 Å². The molecule has 0 radical (unpaired) electrons. The Kier molecular flexibility index (Phi) is 4.52. The molecule has 1 aromatic rings. The second-order valence-corrected chi connectivity index (χ2v) is 4.46. The highest BCUT2D eigenvalue weighted by molar-refractivity contribution is 5.97. The summed E-state index contributed by atoms with van der Waals surface area (Å²) in [4.78, 5) is 13.8. The molecule has 1 heterocycles. The quantitative estimate of drug-likeness (QED) is 0.471. The summed E-state index contributed by atoms with van der Waals surface area (Å²) in [5.74, 6) is -0.155. The van der Waals surface area contributed by atoms with Crippen molar-refractivity contribution in [1.82, 2.24) is 4.90 Å². The van der Waals surface area contributed by atoms with Gasteiger partial charge in [0.15, 0.2) is 0 Å². The Morgan fingerprint density at radius 1 is 1.21 bits per heavy atom. The number of rotatable bonds is 3. The summed E-state index contributed by atoms with van der Waals surface area (Å²) >= 11 is 0. The summed E-state index contributed by atoms with van der Waals surface area (Å²) < 4.78 is 0. The summed E-state index contributed by atoms with van der Waals surface area (Å²) in [6, 6.07) is 11.8. The lowest BCUT2D eigenvalue weighted by molar-refractivity contribution is -0.125. The molecular weight excluding hydrogens is 236 g/mol. The maximum absolute atomic E-state index is 12.0. The van der Waals surface area contributed by atoms with Crippen molar-refractivity contribution in [3.63, 3.8) is 0 Å². The Morgan fingerprint density at radius 2 is 1.89 bits per heavy atom. The van der Waals surface area contributed by atoms with Crippen molar-refractivity contribution in [1.29, 1.82) is 5.26 Å². The average Bonchev–Trinajstić information content (AvgIpc) is 2.98. The SMILES string of the molecule is N#C/C(=C\C=C\c1ccccc1)C(=O)N1CCCC1. The summed E-state index contributed by atoms with van der Waals surface area (Å²) in [5, 5.41) is 9.05. The molecule has 3 heteroatoms. The Labute approximate surface area is 113 Å². The standard InChI is InChI=1S/C16H16N2O/c17-13-15(16(19)18-11-4-5-12-18)10-6-9-14-7-2-1-3-8-14/h1-3,6-10H,4-5,11-12H2/b9-6+,15-10+. The molecule has 2 rings (SSSR count). The van der Waals surface area contributed by atoms with Gasteiger partial charge in [-0.2, -0.15) is 5.26 Å². The topological polar surface area (TPSA) is 44.1 Å². The molecule has 1 saturated heterocycles. The molecule has 0 saturated carbocycles. The van der Waals surface area contributed by atoms with Gasteiger partial charge in [-0.05, 0) is 24.5 Å². The van der Waals surface area contributed by atoms with Crippen molar-refractivity contribution in [2.75, 3.05) is 13.1 Å². The van der Waals surface area contributed by atoms with Crippen molar-refractivity contribution in [2.24, 2.45) is 0 Å². The van der Waals surface area contributed by atoms with E-state index in [1.54, 1.807) is 17.1 Å². The van der Waals surface area contributed by atoms with Gasteiger partial charge in [0.1, 0.15) is 11.6 Å². The molecule has 0 bridgehead atoms. The molecule has 1 aliphatic heterocycles. The van der Waals surface area contributed by atoms with Crippen molar-refractivity contribution < 1.29 is 4.79 Å². The van der Waals surface area contributed by atoms with Crippen LogP contribution in [0.1, 0.15) is 18.4 Å². The molecule has 3 nitrogen and oxygen atoms in total. The fraction of sp³-hybridized carbons (Fsp3) is 0.250. The van der Waals surface area contributed by atoms with Gasteiger partial charge < -0.3 is 4.90 Å². The van der Waals surface area contributed by atoms with Crippen LogP contribution in [0.5, 0.6) is 0 Å². The maximum atomic E-state index is 12.0. The van der Waals surface area contributed by atoms with Crippen LogP contribution in [-0.4, -0.2) is 23.9 Å². The first kappa shape index (κ1) is 13.1. The van der Waals surface area contributed by atoms with Crippen LogP contribution in [0.4, 0.5) is 0 Å². The average molecular weight is 252 g/mol. The number of amides is 1. The predicted octanol–water partition coefficient (Wildman–Crippen LogP) is 2.77. The Balaban J connectivity index is 2.05. The van der Waals surface area contributed by atoms with Gasteiger partial charge in [-0.15, -0.1) is 0 Å². The number of carbonyl (C=O) groups excluding carboxylic acids is 1. The maximum Gasteiger partial charge on any atom is 0.264 e. The minimum Gasteiger partial charge on any atom is -0.338 e. The molecule has 0 aliphatic carbocycles. The zero-order valence-electron chi connectivity index (χ0n) is 10.7. The number of carbonyl (C=O) groups is 1. The van der Waals surface area contributed by atoms with Crippen molar-refractivity contribution in [3.05, 3.63) is 53.6 Å². The largest absolute Gasteiger partial charge is 0.338 e. The molecule has 1 fully saturated rings. The lowest BCUT2D eigenvalue weighted by Gasteiger charge is -2.13. The Hall–Kier alpha value is -2.34. The van der Waals surface area contributed by atoms with Gasteiger partial charge in [-0.25, -0.2) is 0 Å². The third-order valence-electron chi connectivity index (χ3n) is 3.10. The van der Waals surface area contributed by atoms with Crippen LogP contribution in [0.3, 0.4) is 0 Å². The van der Waals surface area contributed by atoms with E-state index in [0.29, 0.717) is 0 Å². The zero-order valence-corrected chi connectivity index (χ0v) is 10.7. The summed E-state index contributed by atoms with van der Waals surface area (Å²) in [6.45, 7) is 1.53. The number of allylic oxidation sites excluding steroid dienone is 2. The van der Waals surface area contributed by atoms with Gasteiger partial charge >= 0.3 is 0 Å². The molecule has 0 N–H and O–H groups in total. The van der Waals surface area contributed by atoms with E-state index in [2.05, 4.69) is 0 Å². The first-order valence-electron chi connectivity index (χ1n) is 6.44. The predicted molar refractivity (Wildman–Crippen MR) is 75.0 cm³/mol. The second kappa shape index (κ2) is 6.55. The first-order valence-corrected chi connectivity index (χ1v) is 6.44. The van der Waals surface area contributed by atoms with Crippen LogP contribution >= 0.6 is 0 Å². The Bertz CT molecular complexity index is 532. The van der Waals surface area contributed by atoms with Gasteiger partial charge in [0.2, 0.25) is 0 Å². The van der Waals surface area contributed by atoms with E-state index in [1.165, 1.54) is 0 Å². The second-order valence-electron chi connectivity index (χ2n) is 4.46. The third kappa shape index (κ3) is 3.56. The highest BCUT2D eigenvalue weighted by Gasteiger charge is 2.20. The van der Waals surface area contributed by atoms with E-state index in [0.717, 1.165) is 31.5 Å². The fourth-order valence-corrected chi connectivity index (χ4v) is 2.07. The van der Waals surface area contributed by atoms with Crippen LogP contribution < -0.4 is 0 Å². The van der Waals surface area contributed by atoms with E-state index in [4.69, 9.17) is 5.26 Å².